The molecule has 1 aliphatic rings. The van der Waals surface area contributed by atoms with E-state index < -0.39 is 11.8 Å². The van der Waals surface area contributed by atoms with E-state index in [0.29, 0.717) is 29.4 Å². The maximum Gasteiger partial charge on any atom is 0.278 e. The zero-order valence-corrected chi connectivity index (χ0v) is 18.6. The lowest BCUT2D eigenvalue weighted by atomic mass is 10.0. The zero-order chi connectivity index (χ0) is 23.2. The molecular weight excluding hydrogens is 418 g/mol. The monoisotopic (exact) mass is 443 g/mol. The fraction of sp³-hybridized carbons (Fsp3) is 0.192. The van der Waals surface area contributed by atoms with Crippen LogP contribution in [-0.2, 0) is 16.1 Å². The third kappa shape index (κ3) is 4.72. The lowest BCUT2D eigenvalue weighted by Crippen LogP contribution is -2.32. The minimum absolute atomic E-state index is 0.120. The summed E-state index contributed by atoms with van der Waals surface area (Å²) in [5.74, 6) is 0.389. The van der Waals surface area contributed by atoms with Gasteiger partial charge in [0.15, 0.2) is 0 Å². The molecule has 7 nitrogen and oxygen atoms in total. The summed E-state index contributed by atoms with van der Waals surface area (Å²) >= 11 is 0. The van der Waals surface area contributed by atoms with Crippen molar-refractivity contribution in [1.29, 1.82) is 0 Å². The van der Waals surface area contributed by atoms with Gasteiger partial charge in [0, 0.05) is 29.7 Å². The van der Waals surface area contributed by atoms with E-state index in [2.05, 4.69) is 10.3 Å². The number of aromatic nitrogens is 1. The number of benzene rings is 2. The Labute approximate surface area is 192 Å². The van der Waals surface area contributed by atoms with Gasteiger partial charge >= 0.3 is 0 Å². The first-order valence-corrected chi connectivity index (χ1v) is 10.7. The average Bonchev–Trinajstić information content (AvgIpc) is 3.07. The third-order valence-electron chi connectivity index (χ3n) is 5.18. The van der Waals surface area contributed by atoms with Crippen LogP contribution < -0.4 is 14.8 Å². The summed E-state index contributed by atoms with van der Waals surface area (Å²) in [7, 11) is 1.54. The summed E-state index contributed by atoms with van der Waals surface area (Å²) in [5.41, 5.74) is 2.42. The van der Waals surface area contributed by atoms with Crippen molar-refractivity contribution in [2.24, 2.45) is 0 Å². The molecule has 3 aromatic rings. The second-order valence-electron chi connectivity index (χ2n) is 7.51. The number of rotatable bonds is 9. The van der Waals surface area contributed by atoms with Crippen molar-refractivity contribution in [3.8, 4) is 11.5 Å². The predicted octanol–water partition coefficient (Wildman–Crippen LogP) is 4.27. The summed E-state index contributed by atoms with van der Waals surface area (Å²) in [5, 5.41) is 3.17. The molecule has 7 heteroatoms. The van der Waals surface area contributed by atoms with Crippen LogP contribution in [0.5, 0.6) is 11.5 Å². The molecule has 2 aromatic carbocycles. The van der Waals surface area contributed by atoms with Crippen molar-refractivity contribution in [3.63, 3.8) is 0 Å². The van der Waals surface area contributed by atoms with E-state index in [9.17, 15) is 9.59 Å². The van der Waals surface area contributed by atoms with Gasteiger partial charge in [-0.15, -0.1) is 0 Å². The van der Waals surface area contributed by atoms with E-state index in [1.54, 1.807) is 30.6 Å². The van der Waals surface area contributed by atoms with Crippen LogP contribution in [0.1, 0.15) is 24.5 Å². The van der Waals surface area contributed by atoms with Gasteiger partial charge in [0.1, 0.15) is 17.2 Å². The van der Waals surface area contributed by atoms with E-state index in [4.69, 9.17) is 9.47 Å². The Morgan fingerprint density at radius 1 is 1.00 bits per heavy atom. The molecule has 1 aliphatic heterocycles. The molecule has 0 atom stereocenters. The Morgan fingerprint density at radius 3 is 2.61 bits per heavy atom. The topological polar surface area (TPSA) is 80.8 Å². The van der Waals surface area contributed by atoms with Gasteiger partial charge in [0.2, 0.25) is 0 Å². The maximum absolute atomic E-state index is 13.5. The number of nitrogens with zero attached hydrogens (tertiary/aromatic N) is 2. The van der Waals surface area contributed by atoms with Crippen LogP contribution in [0.3, 0.4) is 0 Å². The van der Waals surface area contributed by atoms with E-state index in [1.165, 1.54) is 12.0 Å². The minimum Gasteiger partial charge on any atom is -0.496 e. The van der Waals surface area contributed by atoms with E-state index >= 15 is 0 Å². The normalized spacial score (nSPS) is 13.5. The molecule has 1 aromatic heterocycles. The lowest BCUT2D eigenvalue weighted by Gasteiger charge is -2.15. The number of hydrogen-bond donors (Lipinski definition) is 1. The van der Waals surface area contributed by atoms with Crippen molar-refractivity contribution in [1.82, 2.24) is 9.88 Å². The maximum atomic E-state index is 13.5. The minimum atomic E-state index is -0.412. The first-order chi connectivity index (χ1) is 16.1. The van der Waals surface area contributed by atoms with Gasteiger partial charge in [-0.05, 0) is 36.2 Å². The summed E-state index contributed by atoms with van der Waals surface area (Å²) < 4.78 is 11.2. The number of carbonyl (C=O) groups excluding carboxylic acids is 2. The highest BCUT2D eigenvalue weighted by Gasteiger charge is 2.40. The number of pyridine rings is 1. The van der Waals surface area contributed by atoms with Gasteiger partial charge < -0.3 is 14.8 Å². The first kappa shape index (κ1) is 22.1. The first-order valence-electron chi connectivity index (χ1n) is 10.7. The molecule has 2 heterocycles. The smallest absolute Gasteiger partial charge is 0.278 e. The highest BCUT2D eigenvalue weighted by Crippen LogP contribution is 2.36. The quantitative estimate of drug-likeness (QED) is 0.498. The van der Waals surface area contributed by atoms with E-state index in [-0.39, 0.29) is 17.8 Å². The number of ether oxygens (including phenoxy) is 2. The molecular formula is C26H25N3O4. The van der Waals surface area contributed by atoms with E-state index in [1.807, 2.05) is 49.4 Å². The molecule has 0 radical (unpaired) electrons. The molecule has 0 spiro atoms. The molecule has 0 aliphatic carbocycles. The van der Waals surface area contributed by atoms with Crippen LogP contribution in [-0.4, -0.2) is 35.4 Å². The average molecular weight is 444 g/mol. The van der Waals surface area contributed by atoms with Gasteiger partial charge in [0.25, 0.3) is 11.8 Å². The zero-order valence-electron chi connectivity index (χ0n) is 18.6. The number of nitrogens with one attached hydrogen (secondary N) is 1. The Balaban J connectivity index is 1.74. The molecule has 0 saturated heterocycles. The van der Waals surface area contributed by atoms with Gasteiger partial charge in [-0.3, -0.25) is 19.5 Å². The molecule has 0 fully saturated rings. The van der Waals surface area contributed by atoms with Crippen molar-refractivity contribution in [2.45, 2.75) is 19.9 Å². The number of para-hydroxylation sites is 1. The Morgan fingerprint density at radius 2 is 1.85 bits per heavy atom. The van der Waals surface area contributed by atoms with Gasteiger partial charge in [-0.2, -0.15) is 0 Å². The molecule has 168 valence electrons. The second-order valence-corrected chi connectivity index (χ2v) is 7.51. The lowest BCUT2D eigenvalue weighted by molar-refractivity contribution is -0.137. The van der Waals surface area contributed by atoms with Gasteiger partial charge in [0.05, 0.1) is 25.8 Å². The molecule has 1 N–H and O–H groups in total. The Hall–Kier alpha value is -4.13. The standard InChI is InChI=1S/C26H25N3O4/c1-3-14-33-20-10-6-9-19(15-20)28-24-23(21-11-4-5-12-22(21)32-2)25(30)29(26(24)31)17-18-8-7-13-27-16-18/h4-13,15-16,28H,3,14,17H2,1-2H3. The highest BCUT2D eigenvalue weighted by molar-refractivity contribution is 6.36. The Kier molecular flexibility index (Phi) is 6.69. The van der Waals surface area contributed by atoms with Crippen LogP contribution >= 0.6 is 0 Å². The van der Waals surface area contributed by atoms with Crippen LogP contribution in [0.2, 0.25) is 0 Å². The van der Waals surface area contributed by atoms with Crippen molar-refractivity contribution < 1.29 is 19.1 Å². The Bertz CT molecular complexity index is 1190. The second kappa shape index (κ2) is 9.99. The van der Waals surface area contributed by atoms with Crippen molar-refractivity contribution in [3.05, 3.63) is 89.9 Å². The summed E-state index contributed by atoms with van der Waals surface area (Å²) in [6.45, 7) is 2.75. The van der Waals surface area contributed by atoms with Crippen LogP contribution in [0, 0.1) is 0 Å². The molecule has 0 saturated carbocycles. The summed E-state index contributed by atoms with van der Waals surface area (Å²) in [4.78, 5) is 32.3. The number of methoxy groups -OCH3 is 1. The van der Waals surface area contributed by atoms with Crippen LogP contribution in [0.4, 0.5) is 5.69 Å². The molecule has 2 amide bonds. The molecule has 4 rings (SSSR count). The number of anilines is 1. The predicted molar refractivity (Wildman–Crippen MR) is 126 cm³/mol. The number of hydrogen-bond acceptors (Lipinski definition) is 6. The largest absolute Gasteiger partial charge is 0.496 e. The van der Waals surface area contributed by atoms with Crippen molar-refractivity contribution in [2.75, 3.05) is 19.0 Å². The fourth-order valence-electron chi connectivity index (χ4n) is 3.64. The molecule has 0 unspecified atom stereocenters. The van der Waals surface area contributed by atoms with E-state index in [0.717, 1.165) is 12.0 Å². The number of imide groups is 1. The summed E-state index contributed by atoms with van der Waals surface area (Å²) in [6, 6.07) is 18.1. The highest BCUT2D eigenvalue weighted by atomic mass is 16.5. The number of amides is 2. The number of carbonyl (C=O) groups is 2. The third-order valence-corrected chi connectivity index (χ3v) is 5.18. The van der Waals surface area contributed by atoms with Crippen LogP contribution in [0.25, 0.3) is 5.57 Å². The van der Waals surface area contributed by atoms with Gasteiger partial charge in [-0.25, -0.2) is 0 Å². The summed E-state index contributed by atoms with van der Waals surface area (Å²) in [6.07, 6.45) is 4.18. The van der Waals surface area contributed by atoms with Gasteiger partial charge in [-0.1, -0.05) is 37.3 Å². The molecule has 0 bridgehead atoms. The molecule has 33 heavy (non-hydrogen) atoms. The van der Waals surface area contributed by atoms with Crippen LogP contribution in [0.15, 0.2) is 78.8 Å². The van der Waals surface area contributed by atoms with Crippen molar-refractivity contribution >= 4 is 23.1 Å². The SMILES string of the molecule is CCCOc1cccc(NC2=C(c3ccccc3OC)C(=O)N(Cc3cccnc3)C2=O)c1. The fourth-order valence-corrected chi connectivity index (χ4v) is 3.64.